The third kappa shape index (κ3) is 2.58. The van der Waals surface area contributed by atoms with Gasteiger partial charge in [0.2, 0.25) is 5.91 Å². The Morgan fingerprint density at radius 2 is 1.94 bits per heavy atom. The molecule has 1 aromatic carbocycles. The predicted octanol–water partition coefficient (Wildman–Crippen LogP) is 0.918. The fourth-order valence-corrected chi connectivity index (χ4v) is 1.96. The molecule has 1 saturated heterocycles. The maximum absolute atomic E-state index is 11.8. The van der Waals surface area contributed by atoms with Crippen LogP contribution in [-0.4, -0.2) is 39.7 Å². The Morgan fingerprint density at radius 1 is 1.35 bits per heavy atom. The molecule has 0 bridgehead atoms. The molecule has 4 nitrogen and oxygen atoms in total. The molecule has 2 N–H and O–H groups in total. The van der Waals surface area contributed by atoms with Crippen molar-refractivity contribution in [2.24, 2.45) is 0 Å². The summed E-state index contributed by atoms with van der Waals surface area (Å²) in [5.74, 6) is 0.222. The van der Waals surface area contributed by atoms with Gasteiger partial charge in [0.05, 0.1) is 25.1 Å². The lowest BCUT2D eigenvalue weighted by Gasteiger charge is -2.46. The second-order valence-electron chi connectivity index (χ2n) is 4.67. The van der Waals surface area contributed by atoms with E-state index in [9.17, 15) is 9.90 Å². The largest absolute Gasteiger partial charge is 0.508 e. The highest BCUT2D eigenvalue weighted by atomic mass is 16.3. The molecular weight excluding hydrogens is 218 g/mol. The van der Waals surface area contributed by atoms with Crippen molar-refractivity contribution in [1.29, 1.82) is 0 Å². The zero-order valence-electron chi connectivity index (χ0n) is 9.89. The van der Waals surface area contributed by atoms with E-state index in [1.54, 1.807) is 29.2 Å². The van der Waals surface area contributed by atoms with Gasteiger partial charge in [-0.15, -0.1) is 0 Å². The monoisotopic (exact) mass is 235 g/mol. The molecule has 1 aromatic rings. The van der Waals surface area contributed by atoms with Crippen molar-refractivity contribution >= 4 is 5.91 Å². The third-order valence-electron chi connectivity index (χ3n) is 3.27. The molecule has 0 aromatic heterocycles. The van der Waals surface area contributed by atoms with Gasteiger partial charge < -0.3 is 15.1 Å². The number of likely N-dealkylation sites (tertiary alicyclic amines) is 1. The molecule has 0 spiro atoms. The number of rotatable bonds is 3. The molecule has 0 unspecified atom stereocenters. The highest BCUT2D eigenvalue weighted by molar-refractivity contribution is 5.79. The summed E-state index contributed by atoms with van der Waals surface area (Å²) in [5, 5.41) is 18.9. The zero-order valence-corrected chi connectivity index (χ0v) is 9.89. The van der Waals surface area contributed by atoms with Crippen molar-refractivity contribution < 1.29 is 15.0 Å². The maximum Gasteiger partial charge on any atom is 0.227 e. The van der Waals surface area contributed by atoms with Crippen molar-refractivity contribution in [2.75, 3.05) is 13.1 Å². The van der Waals surface area contributed by atoms with E-state index >= 15 is 0 Å². The van der Waals surface area contributed by atoms with Crippen LogP contribution in [0.3, 0.4) is 0 Å². The third-order valence-corrected chi connectivity index (χ3v) is 3.27. The topological polar surface area (TPSA) is 60.8 Å². The fourth-order valence-electron chi connectivity index (χ4n) is 1.96. The standard InChI is InChI=1S/C13H17NO3/c1-2-13(17)8-14(9-13)12(16)7-10-3-5-11(15)6-4-10/h3-6,15,17H,2,7-9H2,1H3. The van der Waals surface area contributed by atoms with E-state index in [-0.39, 0.29) is 11.7 Å². The molecule has 0 radical (unpaired) electrons. The number of aliphatic hydroxyl groups is 1. The molecule has 2 rings (SSSR count). The van der Waals surface area contributed by atoms with Crippen LogP contribution in [0.4, 0.5) is 0 Å². The molecule has 17 heavy (non-hydrogen) atoms. The summed E-state index contributed by atoms with van der Waals surface area (Å²) in [6, 6.07) is 6.61. The number of benzene rings is 1. The summed E-state index contributed by atoms with van der Waals surface area (Å²) in [6.07, 6.45) is 0.996. The first-order chi connectivity index (χ1) is 8.02. The van der Waals surface area contributed by atoms with E-state index in [1.807, 2.05) is 6.92 Å². The quantitative estimate of drug-likeness (QED) is 0.819. The van der Waals surface area contributed by atoms with E-state index in [0.717, 1.165) is 5.56 Å². The van der Waals surface area contributed by atoms with Crippen LogP contribution in [0.1, 0.15) is 18.9 Å². The Labute approximate surface area is 100 Å². The molecule has 0 saturated carbocycles. The van der Waals surface area contributed by atoms with Crippen LogP contribution >= 0.6 is 0 Å². The van der Waals surface area contributed by atoms with E-state index < -0.39 is 5.60 Å². The summed E-state index contributed by atoms with van der Waals surface area (Å²) in [5.41, 5.74) is 0.199. The van der Waals surface area contributed by atoms with Gasteiger partial charge in [0.1, 0.15) is 5.75 Å². The molecule has 1 amide bonds. The van der Waals surface area contributed by atoms with E-state index in [4.69, 9.17) is 5.11 Å². The van der Waals surface area contributed by atoms with Crippen molar-refractivity contribution in [3.8, 4) is 5.75 Å². The average molecular weight is 235 g/mol. The summed E-state index contributed by atoms with van der Waals surface area (Å²) in [4.78, 5) is 13.5. The first kappa shape index (κ1) is 11.9. The number of carbonyl (C=O) groups excluding carboxylic acids is 1. The highest BCUT2D eigenvalue weighted by Crippen LogP contribution is 2.24. The smallest absolute Gasteiger partial charge is 0.227 e. The minimum Gasteiger partial charge on any atom is -0.508 e. The van der Waals surface area contributed by atoms with Gasteiger partial charge >= 0.3 is 0 Å². The summed E-state index contributed by atoms with van der Waals surface area (Å²) in [6.45, 7) is 2.78. The van der Waals surface area contributed by atoms with Gasteiger partial charge in [-0.2, -0.15) is 0 Å². The van der Waals surface area contributed by atoms with E-state index in [1.165, 1.54) is 0 Å². The van der Waals surface area contributed by atoms with Gasteiger partial charge in [-0.25, -0.2) is 0 Å². The number of β-amino-alcohol motifs (C(OH)–C–C–N with tert-alkyl or cyclic N) is 1. The van der Waals surface area contributed by atoms with Crippen molar-refractivity contribution in [2.45, 2.75) is 25.4 Å². The predicted molar refractivity (Wildman–Crippen MR) is 63.6 cm³/mol. The van der Waals surface area contributed by atoms with Gasteiger partial charge in [0, 0.05) is 0 Å². The number of nitrogens with zero attached hydrogens (tertiary/aromatic N) is 1. The first-order valence-corrected chi connectivity index (χ1v) is 5.80. The van der Waals surface area contributed by atoms with Crippen LogP contribution in [-0.2, 0) is 11.2 Å². The molecule has 0 aliphatic carbocycles. The lowest BCUT2D eigenvalue weighted by Crippen LogP contribution is -2.63. The fraction of sp³-hybridized carbons (Fsp3) is 0.462. The number of amides is 1. The van der Waals surface area contributed by atoms with Crippen LogP contribution in [0.2, 0.25) is 0 Å². The van der Waals surface area contributed by atoms with Crippen LogP contribution in [0.15, 0.2) is 24.3 Å². The number of hydrogen-bond acceptors (Lipinski definition) is 3. The SMILES string of the molecule is CCC1(O)CN(C(=O)Cc2ccc(O)cc2)C1. The molecule has 1 heterocycles. The number of hydrogen-bond donors (Lipinski definition) is 2. The second kappa shape index (κ2) is 4.37. The van der Waals surface area contributed by atoms with Crippen molar-refractivity contribution in [3.05, 3.63) is 29.8 Å². The van der Waals surface area contributed by atoms with Crippen molar-refractivity contribution in [1.82, 2.24) is 4.90 Å². The highest BCUT2D eigenvalue weighted by Gasteiger charge is 2.41. The van der Waals surface area contributed by atoms with Crippen molar-refractivity contribution in [3.63, 3.8) is 0 Å². The molecule has 92 valence electrons. The van der Waals surface area contributed by atoms with Crippen LogP contribution < -0.4 is 0 Å². The Balaban J connectivity index is 1.89. The number of carbonyl (C=O) groups is 1. The molecule has 0 atom stereocenters. The zero-order chi connectivity index (χ0) is 12.5. The number of phenols is 1. The Hall–Kier alpha value is -1.55. The first-order valence-electron chi connectivity index (χ1n) is 5.80. The van der Waals surface area contributed by atoms with E-state index in [2.05, 4.69) is 0 Å². The minimum absolute atomic E-state index is 0.0221. The minimum atomic E-state index is -0.676. The molecule has 1 aliphatic rings. The van der Waals surface area contributed by atoms with Gasteiger partial charge in [0.15, 0.2) is 0 Å². The molecule has 1 fully saturated rings. The van der Waals surface area contributed by atoms with Gasteiger partial charge in [-0.1, -0.05) is 19.1 Å². The Morgan fingerprint density at radius 3 is 2.47 bits per heavy atom. The average Bonchev–Trinajstić information content (AvgIpc) is 2.28. The van der Waals surface area contributed by atoms with Gasteiger partial charge in [0.25, 0.3) is 0 Å². The summed E-state index contributed by atoms with van der Waals surface area (Å²) < 4.78 is 0. The maximum atomic E-state index is 11.8. The summed E-state index contributed by atoms with van der Waals surface area (Å²) in [7, 11) is 0. The molecule has 4 heteroatoms. The van der Waals surface area contributed by atoms with Gasteiger partial charge in [-0.05, 0) is 24.1 Å². The van der Waals surface area contributed by atoms with E-state index in [0.29, 0.717) is 25.9 Å². The normalized spacial score (nSPS) is 17.6. The van der Waals surface area contributed by atoms with Crippen LogP contribution in [0.5, 0.6) is 5.75 Å². The Kier molecular flexibility index (Phi) is 3.07. The number of aromatic hydroxyl groups is 1. The summed E-state index contributed by atoms with van der Waals surface area (Å²) >= 11 is 0. The lowest BCUT2D eigenvalue weighted by molar-refractivity contribution is -0.155. The number of phenolic OH excluding ortho intramolecular Hbond substituents is 1. The lowest BCUT2D eigenvalue weighted by atomic mass is 9.91. The van der Waals surface area contributed by atoms with Crippen LogP contribution in [0.25, 0.3) is 0 Å². The van der Waals surface area contributed by atoms with Gasteiger partial charge in [-0.3, -0.25) is 4.79 Å². The Bertz CT molecular complexity index is 407. The molecule has 1 aliphatic heterocycles. The second-order valence-corrected chi connectivity index (χ2v) is 4.67. The van der Waals surface area contributed by atoms with Crippen LogP contribution in [0, 0.1) is 0 Å². The molecular formula is C13H17NO3.